The van der Waals surface area contributed by atoms with Crippen molar-refractivity contribution < 1.29 is 28.0 Å². The molecule has 2 rings (SSSR count). The predicted molar refractivity (Wildman–Crippen MR) is 82.3 cm³/mol. The van der Waals surface area contributed by atoms with E-state index < -0.39 is 23.8 Å². The number of hydrogen-bond acceptors (Lipinski definition) is 6. The average molecular weight is 336 g/mol. The van der Waals surface area contributed by atoms with E-state index in [2.05, 4.69) is 10.5 Å². The number of nitrogens with one attached hydrogen (secondary N) is 1. The number of ether oxygens (including phenoxy) is 2. The van der Waals surface area contributed by atoms with E-state index in [4.69, 9.17) is 14.0 Å². The van der Waals surface area contributed by atoms with Gasteiger partial charge in [-0.25, -0.2) is 9.18 Å². The molecule has 7 nitrogen and oxygen atoms in total. The monoisotopic (exact) mass is 336 g/mol. The topological polar surface area (TPSA) is 90.7 Å². The summed E-state index contributed by atoms with van der Waals surface area (Å²) in [4.78, 5) is 24.2. The number of aryl methyl sites for hydroxylation is 1. The molecule has 1 N–H and O–H groups in total. The highest BCUT2D eigenvalue weighted by atomic mass is 19.1. The van der Waals surface area contributed by atoms with Gasteiger partial charge in [-0.15, -0.1) is 0 Å². The molecule has 1 aromatic carbocycles. The zero-order valence-electron chi connectivity index (χ0n) is 13.5. The number of anilines is 1. The highest BCUT2D eigenvalue weighted by molar-refractivity contribution is 5.97. The Hall–Kier alpha value is -2.90. The minimum atomic E-state index is -1.09. The number of esters is 1. The molecule has 1 heterocycles. The zero-order valence-corrected chi connectivity index (χ0v) is 13.5. The molecule has 0 spiro atoms. The van der Waals surface area contributed by atoms with Gasteiger partial charge >= 0.3 is 5.97 Å². The van der Waals surface area contributed by atoms with Crippen LogP contribution in [0.25, 0.3) is 0 Å². The third kappa shape index (κ3) is 4.09. The van der Waals surface area contributed by atoms with Crippen LogP contribution in [0.15, 0.2) is 28.8 Å². The van der Waals surface area contributed by atoms with Crippen LogP contribution in [0.3, 0.4) is 0 Å². The summed E-state index contributed by atoms with van der Waals surface area (Å²) >= 11 is 0. The fourth-order valence-corrected chi connectivity index (χ4v) is 1.94. The van der Waals surface area contributed by atoms with Crippen molar-refractivity contribution in [3.05, 3.63) is 41.4 Å². The summed E-state index contributed by atoms with van der Waals surface area (Å²) < 4.78 is 28.7. The molecule has 0 saturated carbocycles. The lowest BCUT2D eigenvalue weighted by molar-refractivity contribution is -0.124. The van der Waals surface area contributed by atoms with Gasteiger partial charge < -0.3 is 19.3 Å². The number of carbonyl (C=O) groups excluding carboxylic acids is 2. The van der Waals surface area contributed by atoms with Gasteiger partial charge in [0.25, 0.3) is 5.91 Å². The minimum absolute atomic E-state index is 0.211. The number of benzene rings is 1. The van der Waals surface area contributed by atoms with Gasteiger partial charge in [0.1, 0.15) is 17.3 Å². The first kappa shape index (κ1) is 17.5. The van der Waals surface area contributed by atoms with Crippen molar-refractivity contribution in [1.29, 1.82) is 0 Å². The lowest BCUT2D eigenvalue weighted by Gasteiger charge is -2.15. The van der Waals surface area contributed by atoms with Gasteiger partial charge in [-0.1, -0.05) is 12.1 Å². The van der Waals surface area contributed by atoms with Gasteiger partial charge in [0.15, 0.2) is 11.9 Å². The fraction of sp³-hybridized carbons (Fsp3) is 0.312. The van der Waals surface area contributed by atoms with Crippen LogP contribution in [0, 0.1) is 12.7 Å². The van der Waals surface area contributed by atoms with Crippen LogP contribution < -0.4 is 10.1 Å². The normalized spacial score (nSPS) is 11.7. The SMILES string of the molecule is CCC(OC(=O)c1ccc(OC)cc1F)C(=O)Nc1cc(C)on1. The smallest absolute Gasteiger partial charge is 0.341 e. The molecule has 0 aliphatic carbocycles. The van der Waals surface area contributed by atoms with Gasteiger partial charge in [-0.05, 0) is 25.5 Å². The Bertz CT molecular complexity index is 744. The lowest BCUT2D eigenvalue weighted by atomic mass is 10.2. The number of amides is 1. The van der Waals surface area contributed by atoms with E-state index in [-0.39, 0.29) is 23.6 Å². The van der Waals surface area contributed by atoms with Crippen molar-refractivity contribution in [2.75, 3.05) is 12.4 Å². The molecule has 8 heteroatoms. The molecule has 1 atom stereocenters. The molecule has 1 aromatic heterocycles. The summed E-state index contributed by atoms with van der Waals surface area (Å²) in [5, 5.41) is 6.09. The molecule has 0 aliphatic rings. The first-order valence-corrected chi connectivity index (χ1v) is 7.23. The molecule has 0 fully saturated rings. The molecule has 0 aliphatic heterocycles. The van der Waals surface area contributed by atoms with E-state index in [9.17, 15) is 14.0 Å². The standard InChI is InChI=1S/C16H17FN2O5/c1-4-13(15(20)18-14-7-9(2)24-19-14)23-16(21)11-6-5-10(22-3)8-12(11)17/h5-8,13H,4H2,1-3H3,(H,18,19,20). The fourth-order valence-electron chi connectivity index (χ4n) is 1.94. The molecule has 1 unspecified atom stereocenters. The van der Waals surface area contributed by atoms with Gasteiger partial charge in [0, 0.05) is 12.1 Å². The number of carbonyl (C=O) groups is 2. The van der Waals surface area contributed by atoms with Crippen molar-refractivity contribution in [2.24, 2.45) is 0 Å². The molecule has 0 radical (unpaired) electrons. The van der Waals surface area contributed by atoms with E-state index in [0.717, 1.165) is 6.07 Å². The van der Waals surface area contributed by atoms with Gasteiger partial charge in [0.05, 0.1) is 12.7 Å². The van der Waals surface area contributed by atoms with Gasteiger partial charge in [0.2, 0.25) is 0 Å². The molecule has 0 bridgehead atoms. The largest absolute Gasteiger partial charge is 0.497 e. The highest BCUT2D eigenvalue weighted by Gasteiger charge is 2.24. The average Bonchev–Trinajstić information content (AvgIpc) is 2.96. The quantitative estimate of drug-likeness (QED) is 0.816. The van der Waals surface area contributed by atoms with Crippen LogP contribution >= 0.6 is 0 Å². The van der Waals surface area contributed by atoms with Crippen LogP contribution in [-0.4, -0.2) is 30.2 Å². The molecule has 2 aromatic rings. The third-order valence-electron chi connectivity index (χ3n) is 3.19. The van der Waals surface area contributed by atoms with Crippen molar-refractivity contribution in [2.45, 2.75) is 26.4 Å². The second-order valence-electron chi connectivity index (χ2n) is 4.96. The maximum Gasteiger partial charge on any atom is 0.341 e. The number of halogens is 1. The van der Waals surface area contributed by atoms with Crippen LogP contribution in [0.1, 0.15) is 29.5 Å². The Labute approximate surface area is 137 Å². The number of aromatic nitrogens is 1. The number of methoxy groups -OCH3 is 1. The lowest BCUT2D eigenvalue weighted by Crippen LogP contribution is -2.32. The van der Waals surface area contributed by atoms with E-state index in [0.29, 0.717) is 5.76 Å². The number of hydrogen-bond donors (Lipinski definition) is 1. The van der Waals surface area contributed by atoms with Crippen LogP contribution in [0.4, 0.5) is 10.2 Å². The van der Waals surface area contributed by atoms with Crippen LogP contribution in [0.5, 0.6) is 5.75 Å². The van der Waals surface area contributed by atoms with E-state index in [1.165, 1.54) is 25.3 Å². The molecular weight excluding hydrogens is 319 g/mol. The minimum Gasteiger partial charge on any atom is -0.497 e. The molecule has 1 amide bonds. The summed E-state index contributed by atoms with van der Waals surface area (Å²) in [7, 11) is 1.38. The maximum atomic E-state index is 13.9. The first-order chi connectivity index (χ1) is 11.4. The first-order valence-electron chi connectivity index (χ1n) is 7.23. The van der Waals surface area contributed by atoms with Crippen molar-refractivity contribution in [3.63, 3.8) is 0 Å². The predicted octanol–water partition coefficient (Wildman–Crippen LogP) is 2.70. The number of rotatable bonds is 6. The van der Waals surface area contributed by atoms with E-state index in [1.807, 2.05) is 0 Å². The molecule has 0 saturated heterocycles. The Morgan fingerprint density at radius 2 is 2.12 bits per heavy atom. The summed E-state index contributed by atoms with van der Waals surface area (Å²) in [6, 6.07) is 5.26. The second-order valence-corrected chi connectivity index (χ2v) is 4.96. The second kappa shape index (κ2) is 7.58. The Kier molecular flexibility index (Phi) is 5.51. The Balaban J connectivity index is 2.06. The van der Waals surface area contributed by atoms with Crippen molar-refractivity contribution in [3.8, 4) is 5.75 Å². The van der Waals surface area contributed by atoms with Crippen LogP contribution in [-0.2, 0) is 9.53 Å². The maximum absolute atomic E-state index is 13.9. The summed E-state index contributed by atoms with van der Waals surface area (Å²) in [5.41, 5.74) is -0.278. The summed E-state index contributed by atoms with van der Waals surface area (Å²) in [5.74, 6) is -1.29. The van der Waals surface area contributed by atoms with E-state index in [1.54, 1.807) is 13.8 Å². The van der Waals surface area contributed by atoms with Gasteiger partial charge in [-0.3, -0.25) is 4.79 Å². The summed E-state index contributed by atoms with van der Waals surface area (Å²) in [6.07, 6.45) is -0.873. The molecular formula is C16H17FN2O5. The van der Waals surface area contributed by atoms with E-state index >= 15 is 0 Å². The Morgan fingerprint density at radius 3 is 2.67 bits per heavy atom. The summed E-state index contributed by atoms with van der Waals surface area (Å²) in [6.45, 7) is 3.34. The Morgan fingerprint density at radius 1 is 1.38 bits per heavy atom. The molecule has 128 valence electrons. The van der Waals surface area contributed by atoms with Crippen molar-refractivity contribution >= 4 is 17.7 Å². The van der Waals surface area contributed by atoms with Crippen LogP contribution in [0.2, 0.25) is 0 Å². The highest BCUT2D eigenvalue weighted by Crippen LogP contribution is 2.18. The van der Waals surface area contributed by atoms with Gasteiger partial charge in [-0.2, -0.15) is 0 Å². The number of nitrogens with zero attached hydrogens (tertiary/aromatic N) is 1. The molecule has 24 heavy (non-hydrogen) atoms. The van der Waals surface area contributed by atoms with Crippen molar-refractivity contribution in [1.82, 2.24) is 5.16 Å². The third-order valence-corrected chi connectivity index (χ3v) is 3.19. The zero-order chi connectivity index (χ0) is 17.7.